The highest BCUT2D eigenvalue weighted by Crippen LogP contribution is 2.27. The minimum atomic E-state index is -0.00363. The first-order valence-corrected chi connectivity index (χ1v) is 7.62. The maximum atomic E-state index is 11.9. The molecule has 0 bridgehead atoms. The van der Waals surface area contributed by atoms with Gasteiger partial charge in [0.1, 0.15) is 0 Å². The Morgan fingerprint density at radius 3 is 2.55 bits per heavy atom. The highest BCUT2D eigenvalue weighted by molar-refractivity contribution is 5.78. The summed E-state index contributed by atoms with van der Waals surface area (Å²) in [6, 6.07) is 5.50. The molecule has 0 radical (unpaired) electrons. The third-order valence-corrected chi connectivity index (χ3v) is 3.05. The van der Waals surface area contributed by atoms with Crippen LogP contribution in [0.5, 0.6) is 11.5 Å². The number of carbonyl (C=O) groups is 1. The Hall–Kier alpha value is -1.75. The summed E-state index contributed by atoms with van der Waals surface area (Å²) in [5.74, 6) is 1.83. The fraction of sp³-hybridized carbons (Fsp3) is 0.588. The Labute approximate surface area is 132 Å². The van der Waals surface area contributed by atoms with E-state index in [1.54, 1.807) is 20.3 Å². The largest absolute Gasteiger partial charge is 0.493 e. The van der Waals surface area contributed by atoms with Gasteiger partial charge in [-0.15, -0.1) is 0 Å². The van der Waals surface area contributed by atoms with Gasteiger partial charge in [-0.1, -0.05) is 19.9 Å². The molecule has 5 heteroatoms. The molecular weight excluding hydrogens is 282 g/mol. The highest BCUT2D eigenvalue weighted by atomic mass is 16.5. The second-order valence-electron chi connectivity index (χ2n) is 5.54. The van der Waals surface area contributed by atoms with Crippen LogP contribution < -0.4 is 14.8 Å². The van der Waals surface area contributed by atoms with Crippen molar-refractivity contribution in [2.45, 2.75) is 26.7 Å². The third-order valence-electron chi connectivity index (χ3n) is 3.05. The average Bonchev–Trinajstić information content (AvgIpc) is 2.50. The lowest BCUT2D eigenvalue weighted by Crippen LogP contribution is -2.27. The Balaban J connectivity index is 2.30. The molecule has 1 aromatic carbocycles. The molecule has 5 nitrogen and oxygen atoms in total. The summed E-state index contributed by atoms with van der Waals surface area (Å²) in [5, 5.41) is 2.89. The second kappa shape index (κ2) is 10.1. The lowest BCUT2D eigenvalue weighted by molar-refractivity contribution is -0.120. The number of hydrogen-bond donors (Lipinski definition) is 1. The van der Waals surface area contributed by atoms with Crippen LogP contribution in [0.25, 0.3) is 0 Å². The minimum Gasteiger partial charge on any atom is -0.493 e. The van der Waals surface area contributed by atoms with Gasteiger partial charge in [-0.3, -0.25) is 4.79 Å². The first-order valence-electron chi connectivity index (χ1n) is 7.62. The Kier molecular flexibility index (Phi) is 8.36. The van der Waals surface area contributed by atoms with Crippen LogP contribution in [0.2, 0.25) is 0 Å². The summed E-state index contributed by atoms with van der Waals surface area (Å²) in [4.78, 5) is 11.9. The van der Waals surface area contributed by atoms with Crippen LogP contribution in [0.4, 0.5) is 0 Å². The van der Waals surface area contributed by atoms with Crippen LogP contribution in [-0.2, 0) is 16.0 Å². The predicted molar refractivity (Wildman–Crippen MR) is 86.5 cm³/mol. The molecular formula is C17H27NO4. The van der Waals surface area contributed by atoms with Crippen molar-refractivity contribution in [3.8, 4) is 11.5 Å². The zero-order valence-electron chi connectivity index (χ0n) is 14.0. The van der Waals surface area contributed by atoms with Crippen molar-refractivity contribution < 1.29 is 19.0 Å². The molecule has 0 aliphatic rings. The molecule has 0 aliphatic carbocycles. The molecule has 1 rings (SSSR count). The van der Waals surface area contributed by atoms with Gasteiger partial charge in [-0.05, 0) is 30.0 Å². The molecule has 0 heterocycles. The van der Waals surface area contributed by atoms with Crippen molar-refractivity contribution in [2.75, 3.05) is 34.0 Å². The van der Waals surface area contributed by atoms with Crippen LogP contribution in [-0.4, -0.2) is 39.9 Å². The van der Waals surface area contributed by atoms with Crippen molar-refractivity contribution >= 4 is 5.91 Å². The van der Waals surface area contributed by atoms with Crippen LogP contribution in [0.15, 0.2) is 18.2 Å². The van der Waals surface area contributed by atoms with Gasteiger partial charge in [-0.25, -0.2) is 0 Å². The first kappa shape index (κ1) is 18.3. The molecule has 0 unspecified atom stereocenters. The van der Waals surface area contributed by atoms with E-state index < -0.39 is 0 Å². The van der Waals surface area contributed by atoms with E-state index in [2.05, 4.69) is 19.2 Å². The fourth-order valence-corrected chi connectivity index (χ4v) is 1.96. The summed E-state index contributed by atoms with van der Waals surface area (Å²) in [7, 11) is 3.17. The van der Waals surface area contributed by atoms with E-state index in [4.69, 9.17) is 14.2 Å². The Bertz CT molecular complexity index is 460. The van der Waals surface area contributed by atoms with E-state index in [0.717, 1.165) is 18.6 Å². The van der Waals surface area contributed by atoms with Gasteiger partial charge in [0, 0.05) is 19.8 Å². The standard InChI is InChI=1S/C17H27NO4/c1-13(2)12-22-9-5-8-18-17(19)11-14-6-7-15(20-3)16(10-14)21-4/h6-7,10,13H,5,8-9,11-12H2,1-4H3,(H,18,19). The van der Waals surface area contributed by atoms with E-state index >= 15 is 0 Å². The monoisotopic (exact) mass is 309 g/mol. The van der Waals surface area contributed by atoms with Gasteiger partial charge in [-0.2, -0.15) is 0 Å². The summed E-state index contributed by atoms with van der Waals surface area (Å²) in [6.45, 7) is 6.30. The second-order valence-corrected chi connectivity index (χ2v) is 5.54. The van der Waals surface area contributed by atoms with Gasteiger partial charge in [0.25, 0.3) is 0 Å². The summed E-state index contributed by atoms with van der Waals surface area (Å²) >= 11 is 0. The van der Waals surface area contributed by atoms with Crippen LogP contribution in [0, 0.1) is 5.92 Å². The van der Waals surface area contributed by atoms with E-state index in [1.807, 2.05) is 12.1 Å². The lowest BCUT2D eigenvalue weighted by Gasteiger charge is -2.10. The molecule has 0 atom stereocenters. The van der Waals surface area contributed by atoms with E-state index in [1.165, 1.54) is 0 Å². The van der Waals surface area contributed by atoms with Crippen molar-refractivity contribution in [2.24, 2.45) is 5.92 Å². The van der Waals surface area contributed by atoms with Crippen molar-refractivity contribution in [3.05, 3.63) is 23.8 Å². The zero-order chi connectivity index (χ0) is 16.4. The maximum Gasteiger partial charge on any atom is 0.224 e. The van der Waals surface area contributed by atoms with Crippen LogP contribution in [0.3, 0.4) is 0 Å². The SMILES string of the molecule is COc1ccc(CC(=O)NCCCOCC(C)C)cc1OC. The molecule has 0 saturated heterocycles. The zero-order valence-corrected chi connectivity index (χ0v) is 14.0. The number of amides is 1. The molecule has 0 aromatic heterocycles. The van der Waals surface area contributed by atoms with E-state index in [-0.39, 0.29) is 5.91 Å². The first-order chi connectivity index (χ1) is 10.6. The Morgan fingerprint density at radius 2 is 1.91 bits per heavy atom. The van der Waals surface area contributed by atoms with Crippen molar-refractivity contribution in [1.29, 1.82) is 0 Å². The molecule has 1 N–H and O–H groups in total. The van der Waals surface area contributed by atoms with Crippen molar-refractivity contribution in [3.63, 3.8) is 0 Å². The third kappa shape index (κ3) is 6.80. The molecule has 22 heavy (non-hydrogen) atoms. The van der Waals surface area contributed by atoms with Gasteiger partial charge in [0.2, 0.25) is 5.91 Å². The number of hydrogen-bond acceptors (Lipinski definition) is 4. The quantitative estimate of drug-likeness (QED) is 0.674. The molecule has 0 aliphatic heterocycles. The molecule has 0 spiro atoms. The number of methoxy groups -OCH3 is 2. The average molecular weight is 309 g/mol. The summed E-state index contributed by atoms with van der Waals surface area (Å²) in [5.41, 5.74) is 0.895. The van der Waals surface area contributed by atoms with E-state index in [9.17, 15) is 4.79 Å². The van der Waals surface area contributed by atoms with Gasteiger partial charge >= 0.3 is 0 Å². The maximum absolute atomic E-state index is 11.9. The highest BCUT2D eigenvalue weighted by Gasteiger charge is 2.08. The normalized spacial score (nSPS) is 10.6. The van der Waals surface area contributed by atoms with Crippen molar-refractivity contribution in [1.82, 2.24) is 5.32 Å². The lowest BCUT2D eigenvalue weighted by atomic mass is 10.1. The number of ether oxygens (including phenoxy) is 3. The topological polar surface area (TPSA) is 56.8 Å². The van der Waals surface area contributed by atoms with Gasteiger partial charge < -0.3 is 19.5 Å². The molecule has 124 valence electrons. The number of benzene rings is 1. The van der Waals surface area contributed by atoms with Gasteiger partial charge in [0.05, 0.1) is 20.6 Å². The minimum absolute atomic E-state index is 0.00363. The van der Waals surface area contributed by atoms with Crippen LogP contribution in [0.1, 0.15) is 25.8 Å². The summed E-state index contributed by atoms with van der Waals surface area (Å²) in [6.07, 6.45) is 1.15. The molecule has 1 amide bonds. The predicted octanol–water partition coefficient (Wildman–Crippen LogP) is 2.43. The molecule has 1 aromatic rings. The van der Waals surface area contributed by atoms with Crippen LogP contribution >= 0.6 is 0 Å². The smallest absolute Gasteiger partial charge is 0.224 e. The number of rotatable bonds is 10. The molecule has 0 saturated carbocycles. The van der Waals surface area contributed by atoms with Gasteiger partial charge in [0.15, 0.2) is 11.5 Å². The fourth-order valence-electron chi connectivity index (χ4n) is 1.96. The Morgan fingerprint density at radius 1 is 1.18 bits per heavy atom. The summed E-state index contributed by atoms with van der Waals surface area (Å²) < 4.78 is 15.9. The number of carbonyl (C=O) groups excluding carboxylic acids is 1. The molecule has 0 fully saturated rings. The van der Waals surface area contributed by atoms with E-state index in [0.29, 0.717) is 37.0 Å². The number of nitrogens with one attached hydrogen (secondary N) is 1.